The number of aryl methyl sites for hydroxylation is 1. The number of carboxylic acid groups (broad SMARTS) is 1. The number of nitrogens with two attached hydrogens (primary N) is 1. The Balaban J connectivity index is 1.85. The largest absolute Gasteiger partial charge is 0.480 e. The van der Waals surface area contributed by atoms with E-state index in [9.17, 15) is 4.79 Å². The van der Waals surface area contributed by atoms with Gasteiger partial charge in [-0.1, -0.05) is 17.3 Å². The molecule has 7 heteroatoms. The van der Waals surface area contributed by atoms with Gasteiger partial charge < -0.3 is 15.4 Å². The predicted molar refractivity (Wildman–Crippen MR) is 94.7 cm³/mol. The number of hydrogen-bond acceptors (Lipinski definition) is 4. The molecule has 2 aromatic heterocycles. The molecular formula is C18H17N5O2. The average molecular weight is 335 g/mol. The lowest BCUT2D eigenvalue weighted by Gasteiger charge is -2.06. The molecule has 1 atom stereocenters. The number of carboxylic acids is 1. The first-order valence-corrected chi connectivity index (χ1v) is 7.92. The Hall–Kier alpha value is -3.19. The maximum Gasteiger partial charge on any atom is 0.320 e. The van der Waals surface area contributed by atoms with Crippen LogP contribution in [0.2, 0.25) is 0 Å². The summed E-state index contributed by atoms with van der Waals surface area (Å²) >= 11 is 0. The summed E-state index contributed by atoms with van der Waals surface area (Å²) in [6.45, 7) is 0. The van der Waals surface area contributed by atoms with Crippen molar-refractivity contribution in [1.29, 1.82) is 0 Å². The van der Waals surface area contributed by atoms with Gasteiger partial charge in [-0.05, 0) is 35.9 Å². The van der Waals surface area contributed by atoms with E-state index in [-0.39, 0.29) is 6.42 Å². The van der Waals surface area contributed by atoms with E-state index in [1.807, 2.05) is 60.3 Å². The van der Waals surface area contributed by atoms with Crippen LogP contribution in [0.3, 0.4) is 0 Å². The van der Waals surface area contributed by atoms with Crippen molar-refractivity contribution in [2.75, 3.05) is 0 Å². The van der Waals surface area contributed by atoms with Gasteiger partial charge >= 0.3 is 5.97 Å². The van der Waals surface area contributed by atoms with E-state index in [4.69, 9.17) is 10.8 Å². The van der Waals surface area contributed by atoms with Gasteiger partial charge in [0.05, 0.1) is 11.2 Å². The summed E-state index contributed by atoms with van der Waals surface area (Å²) in [5.74, 6) is -1.00. The highest BCUT2D eigenvalue weighted by Gasteiger charge is 2.17. The van der Waals surface area contributed by atoms with Gasteiger partial charge in [0.25, 0.3) is 0 Å². The van der Waals surface area contributed by atoms with Crippen LogP contribution in [0.15, 0.2) is 48.7 Å². The fourth-order valence-corrected chi connectivity index (χ4v) is 3.14. The van der Waals surface area contributed by atoms with Gasteiger partial charge in [-0.15, -0.1) is 5.10 Å². The lowest BCUT2D eigenvalue weighted by Crippen LogP contribution is -2.32. The molecule has 4 rings (SSSR count). The molecule has 0 saturated heterocycles. The molecule has 0 aliphatic heterocycles. The molecule has 126 valence electrons. The van der Waals surface area contributed by atoms with Crippen LogP contribution < -0.4 is 5.73 Å². The number of aromatic nitrogens is 4. The Bertz CT molecular complexity index is 1100. The minimum atomic E-state index is -1.00. The van der Waals surface area contributed by atoms with Crippen LogP contribution in [0, 0.1) is 0 Å². The molecule has 7 nitrogen and oxygen atoms in total. The van der Waals surface area contributed by atoms with Crippen LogP contribution in [0.4, 0.5) is 0 Å². The number of hydrogen-bond donors (Lipinski definition) is 2. The summed E-state index contributed by atoms with van der Waals surface area (Å²) in [4.78, 5) is 11.1. The molecule has 3 N–H and O–H groups in total. The van der Waals surface area contributed by atoms with Crippen LogP contribution in [-0.4, -0.2) is 36.7 Å². The number of rotatable bonds is 4. The van der Waals surface area contributed by atoms with Crippen molar-refractivity contribution in [3.63, 3.8) is 0 Å². The number of para-hydroxylation sites is 1. The first-order valence-electron chi connectivity index (χ1n) is 7.92. The van der Waals surface area contributed by atoms with Gasteiger partial charge in [-0.25, -0.2) is 4.68 Å². The molecule has 0 spiro atoms. The highest BCUT2D eigenvalue weighted by Crippen LogP contribution is 2.26. The summed E-state index contributed by atoms with van der Waals surface area (Å²) in [5.41, 5.74) is 10.2. The van der Waals surface area contributed by atoms with Crippen molar-refractivity contribution < 1.29 is 9.90 Å². The molecule has 4 aromatic rings. The zero-order valence-corrected chi connectivity index (χ0v) is 13.6. The van der Waals surface area contributed by atoms with Crippen LogP contribution in [0.25, 0.3) is 27.6 Å². The maximum atomic E-state index is 11.1. The molecule has 25 heavy (non-hydrogen) atoms. The van der Waals surface area contributed by atoms with E-state index < -0.39 is 12.0 Å². The minimum Gasteiger partial charge on any atom is -0.480 e. The number of carbonyl (C=O) groups is 1. The zero-order valence-electron chi connectivity index (χ0n) is 13.6. The molecular weight excluding hydrogens is 318 g/mol. The van der Waals surface area contributed by atoms with Crippen molar-refractivity contribution in [1.82, 2.24) is 19.6 Å². The van der Waals surface area contributed by atoms with Crippen LogP contribution in [0.5, 0.6) is 0 Å². The third kappa shape index (κ3) is 2.54. The Labute approximate surface area is 143 Å². The van der Waals surface area contributed by atoms with Crippen molar-refractivity contribution in [2.45, 2.75) is 12.5 Å². The normalized spacial score (nSPS) is 12.7. The van der Waals surface area contributed by atoms with Gasteiger partial charge in [-0.3, -0.25) is 4.79 Å². The summed E-state index contributed by atoms with van der Waals surface area (Å²) < 4.78 is 3.76. The lowest BCUT2D eigenvalue weighted by atomic mass is 10.1. The number of aliphatic carboxylic acids is 1. The number of benzene rings is 2. The molecule has 1 unspecified atom stereocenters. The fourth-order valence-electron chi connectivity index (χ4n) is 3.14. The molecule has 0 aliphatic carbocycles. The van der Waals surface area contributed by atoms with E-state index >= 15 is 0 Å². The van der Waals surface area contributed by atoms with Crippen LogP contribution in [-0.2, 0) is 18.3 Å². The first-order chi connectivity index (χ1) is 12.0. The minimum absolute atomic E-state index is 0.272. The highest BCUT2D eigenvalue weighted by molar-refractivity contribution is 5.87. The van der Waals surface area contributed by atoms with E-state index in [1.54, 1.807) is 4.68 Å². The van der Waals surface area contributed by atoms with Gasteiger partial charge in [0, 0.05) is 30.6 Å². The van der Waals surface area contributed by atoms with Crippen molar-refractivity contribution in [3.8, 4) is 5.69 Å². The summed E-state index contributed by atoms with van der Waals surface area (Å²) in [6.07, 6.45) is 2.20. The zero-order chi connectivity index (χ0) is 17.6. The fraction of sp³-hybridized carbons (Fsp3) is 0.167. The Morgan fingerprint density at radius 2 is 2.04 bits per heavy atom. The van der Waals surface area contributed by atoms with Gasteiger partial charge in [0.15, 0.2) is 0 Å². The Kier molecular flexibility index (Phi) is 3.51. The maximum absolute atomic E-state index is 11.1. The molecule has 2 heterocycles. The Morgan fingerprint density at radius 3 is 2.84 bits per heavy atom. The topological polar surface area (TPSA) is 99.0 Å². The lowest BCUT2D eigenvalue weighted by molar-refractivity contribution is -0.138. The molecule has 2 aromatic carbocycles. The van der Waals surface area contributed by atoms with Gasteiger partial charge in [0.1, 0.15) is 11.6 Å². The first kappa shape index (κ1) is 15.3. The monoisotopic (exact) mass is 335 g/mol. The third-order valence-electron chi connectivity index (χ3n) is 4.41. The van der Waals surface area contributed by atoms with Crippen molar-refractivity contribution in [2.24, 2.45) is 12.8 Å². The van der Waals surface area contributed by atoms with Crippen LogP contribution >= 0.6 is 0 Å². The second-order valence-corrected chi connectivity index (χ2v) is 6.11. The van der Waals surface area contributed by atoms with Crippen molar-refractivity contribution in [3.05, 3.63) is 54.2 Å². The Morgan fingerprint density at radius 1 is 1.24 bits per heavy atom. The predicted octanol–water partition coefficient (Wildman–Crippen LogP) is 1.87. The second-order valence-electron chi connectivity index (χ2n) is 6.11. The van der Waals surface area contributed by atoms with Crippen LogP contribution in [0.1, 0.15) is 5.56 Å². The molecule has 0 amide bonds. The molecule has 0 saturated carbocycles. The third-order valence-corrected chi connectivity index (χ3v) is 4.41. The summed E-state index contributed by atoms with van der Waals surface area (Å²) in [7, 11) is 1.93. The average Bonchev–Trinajstić information content (AvgIpc) is 3.16. The summed E-state index contributed by atoms with van der Waals surface area (Å²) in [6, 6.07) is 12.8. The standard InChI is InChI=1S/C18H17N5O2/c1-22-10-11(8-14(19)18(24)25)13-9-12(6-7-16(13)22)23-17-5-3-2-4-15(17)20-21-23/h2-7,9-10,14H,8,19H2,1H3,(H,24,25). The van der Waals surface area contributed by atoms with Crippen molar-refractivity contribution >= 4 is 27.9 Å². The molecule has 0 fully saturated rings. The second kappa shape index (κ2) is 5.71. The van der Waals surface area contributed by atoms with E-state index in [0.29, 0.717) is 0 Å². The number of nitrogens with zero attached hydrogens (tertiary/aromatic N) is 4. The van der Waals surface area contributed by atoms with E-state index in [2.05, 4.69) is 10.3 Å². The molecule has 0 aliphatic rings. The van der Waals surface area contributed by atoms with E-state index in [1.165, 1.54) is 0 Å². The van der Waals surface area contributed by atoms with Gasteiger partial charge in [0.2, 0.25) is 0 Å². The number of fused-ring (bicyclic) bond motifs is 2. The quantitative estimate of drug-likeness (QED) is 0.593. The van der Waals surface area contributed by atoms with Gasteiger partial charge in [-0.2, -0.15) is 0 Å². The van der Waals surface area contributed by atoms with E-state index in [0.717, 1.165) is 33.2 Å². The SMILES string of the molecule is Cn1cc(CC(N)C(=O)O)c2cc(-n3nnc4ccccc43)ccc21. The summed E-state index contributed by atoms with van der Waals surface area (Å²) in [5, 5.41) is 18.5. The highest BCUT2D eigenvalue weighted by atomic mass is 16.4. The smallest absolute Gasteiger partial charge is 0.320 e. The molecule has 0 bridgehead atoms. The molecule has 0 radical (unpaired) electrons.